The lowest BCUT2D eigenvalue weighted by atomic mass is 10.1. The normalized spacial score (nSPS) is 13.2. The molecular weight excluding hydrogens is 260 g/mol. The van der Waals surface area contributed by atoms with Gasteiger partial charge in [-0.1, -0.05) is 0 Å². The summed E-state index contributed by atoms with van der Waals surface area (Å²) in [7, 11) is 0. The summed E-state index contributed by atoms with van der Waals surface area (Å²) in [5.74, 6) is 0.0158. The minimum Gasteiger partial charge on any atom is -0.397 e. The van der Waals surface area contributed by atoms with E-state index in [1.165, 1.54) is 0 Å². The molecule has 0 radical (unpaired) electrons. The molecule has 98 valence electrons. The van der Waals surface area contributed by atoms with Gasteiger partial charge in [-0.3, -0.25) is 4.79 Å². The summed E-state index contributed by atoms with van der Waals surface area (Å²) >= 11 is 1.62. The minimum absolute atomic E-state index is 0.0158. The van der Waals surface area contributed by atoms with Gasteiger partial charge in [-0.15, -0.1) is 11.3 Å². The molecule has 0 saturated heterocycles. The van der Waals surface area contributed by atoms with Gasteiger partial charge in [0.15, 0.2) is 0 Å². The van der Waals surface area contributed by atoms with Crippen LogP contribution in [0.2, 0.25) is 0 Å². The molecule has 0 unspecified atom stereocenters. The van der Waals surface area contributed by atoms with Crippen molar-refractivity contribution < 1.29 is 4.79 Å². The first-order valence-electron chi connectivity index (χ1n) is 5.99. The fraction of sp³-hybridized carbons (Fsp3) is 0.231. The summed E-state index contributed by atoms with van der Waals surface area (Å²) < 4.78 is 0. The number of benzene rings is 1. The standard InChI is InChI=1S/C13H14N4OS/c1-7-6-19-13(16-7)5-15-11-4-10-8(2-9(11)14)3-12(18)17-10/h2,4,6,15H,3,5,14H2,1H3,(H,17,18). The molecular formula is C13H14N4OS. The number of aryl methyl sites for hydroxylation is 1. The highest BCUT2D eigenvalue weighted by Crippen LogP contribution is 2.31. The van der Waals surface area contributed by atoms with Crippen LogP contribution in [0.15, 0.2) is 17.5 Å². The molecule has 1 aromatic carbocycles. The maximum absolute atomic E-state index is 11.3. The third-order valence-corrected chi connectivity index (χ3v) is 3.96. The quantitative estimate of drug-likeness (QED) is 0.749. The van der Waals surface area contributed by atoms with Gasteiger partial charge in [-0.05, 0) is 24.6 Å². The monoisotopic (exact) mass is 274 g/mol. The zero-order valence-corrected chi connectivity index (χ0v) is 11.3. The molecule has 3 rings (SSSR count). The number of nitrogens with zero attached hydrogens (tertiary/aromatic N) is 1. The van der Waals surface area contributed by atoms with Crippen LogP contribution in [-0.4, -0.2) is 10.9 Å². The van der Waals surface area contributed by atoms with Crippen LogP contribution in [0.3, 0.4) is 0 Å². The number of thiazole rings is 1. The summed E-state index contributed by atoms with van der Waals surface area (Å²) in [6.45, 7) is 2.61. The molecule has 0 bridgehead atoms. The average molecular weight is 274 g/mol. The Morgan fingerprint density at radius 3 is 3.11 bits per heavy atom. The van der Waals surface area contributed by atoms with Crippen LogP contribution < -0.4 is 16.4 Å². The van der Waals surface area contributed by atoms with Gasteiger partial charge in [-0.25, -0.2) is 4.98 Å². The lowest BCUT2D eigenvalue weighted by Crippen LogP contribution is -2.04. The van der Waals surface area contributed by atoms with Gasteiger partial charge in [-0.2, -0.15) is 0 Å². The molecule has 0 spiro atoms. The zero-order valence-electron chi connectivity index (χ0n) is 10.5. The molecule has 1 aromatic heterocycles. The van der Waals surface area contributed by atoms with E-state index >= 15 is 0 Å². The van der Waals surface area contributed by atoms with Gasteiger partial charge in [0.2, 0.25) is 5.91 Å². The van der Waals surface area contributed by atoms with Crippen molar-refractivity contribution in [2.75, 3.05) is 16.4 Å². The lowest BCUT2D eigenvalue weighted by molar-refractivity contribution is -0.115. The molecule has 6 heteroatoms. The van der Waals surface area contributed by atoms with E-state index in [-0.39, 0.29) is 5.91 Å². The Bertz CT molecular complexity index is 650. The number of carbonyl (C=O) groups is 1. The van der Waals surface area contributed by atoms with E-state index in [1.54, 1.807) is 11.3 Å². The van der Waals surface area contributed by atoms with Crippen molar-refractivity contribution in [3.8, 4) is 0 Å². The first kappa shape index (κ1) is 12.0. The van der Waals surface area contributed by atoms with Gasteiger partial charge in [0.25, 0.3) is 0 Å². The van der Waals surface area contributed by atoms with Crippen molar-refractivity contribution in [1.29, 1.82) is 0 Å². The van der Waals surface area contributed by atoms with Crippen molar-refractivity contribution >= 4 is 34.3 Å². The number of hydrogen-bond acceptors (Lipinski definition) is 5. The summed E-state index contributed by atoms with van der Waals surface area (Å²) in [6.07, 6.45) is 0.408. The largest absolute Gasteiger partial charge is 0.397 e. The first-order valence-corrected chi connectivity index (χ1v) is 6.87. The summed E-state index contributed by atoms with van der Waals surface area (Å²) in [5.41, 5.74) is 10.3. The molecule has 0 aliphatic carbocycles. The van der Waals surface area contributed by atoms with Crippen molar-refractivity contribution in [3.05, 3.63) is 33.8 Å². The van der Waals surface area contributed by atoms with E-state index in [4.69, 9.17) is 5.73 Å². The van der Waals surface area contributed by atoms with Gasteiger partial charge in [0.1, 0.15) is 5.01 Å². The molecule has 4 N–H and O–H groups in total. The van der Waals surface area contributed by atoms with Crippen LogP contribution in [-0.2, 0) is 17.8 Å². The molecule has 2 aromatic rings. The number of hydrogen-bond donors (Lipinski definition) is 3. The Morgan fingerprint density at radius 1 is 1.53 bits per heavy atom. The Kier molecular flexibility index (Phi) is 2.87. The Balaban J connectivity index is 1.78. The van der Waals surface area contributed by atoms with Gasteiger partial charge < -0.3 is 16.4 Å². The van der Waals surface area contributed by atoms with Crippen molar-refractivity contribution in [2.45, 2.75) is 19.9 Å². The second-order valence-electron chi connectivity index (χ2n) is 4.56. The molecule has 1 amide bonds. The minimum atomic E-state index is 0.0158. The molecule has 0 atom stereocenters. The van der Waals surface area contributed by atoms with E-state index in [2.05, 4.69) is 15.6 Å². The molecule has 5 nitrogen and oxygen atoms in total. The number of nitrogens with two attached hydrogens (primary N) is 1. The van der Waals surface area contributed by atoms with Crippen LogP contribution in [0.1, 0.15) is 16.3 Å². The maximum Gasteiger partial charge on any atom is 0.228 e. The molecule has 1 aliphatic rings. The van der Waals surface area contributed by atoms with Crippen molar-refractivity contribution in [1.82, 2.24) is 4.98 Å². The number of aromatic nitrogens is 1. The Morgan fingerprint density at radius 2 is 2.37 bits per heavy atom. The van der Waals surface area contributed by atoms with Gasteiger partial charge in [0.05, 0.1) is 24.3 Å². The van der Waals surface area contributed by atoms with Crippen LogP contribution in [0.4, 0.5) is 17.1 Å². The molecule has 0 fully saturated rings. The summed E-state index contributed by atoms with van der Waals surface area (Å²) in [5, 5.41) is 9.11. The predicted octanol–water partition coefficient (Wildman–Crippen LogP) is 2.14. The second-order valence-corrected chi connectivity index (χ2v) is 5.50. The SMILES string of the molecule is Cc1csc(CNc2cc3c(cc2N)CC(=O)N3)n1. The number of nitrogen functional groups attached to an aromatic ring is 1. The average Bonchev–Trinajstić information content (AvgIpc) is 2.91. The van der Waals surface area contributed by atoms with Gasteiger partial charge >= 0.3 is 0 Å². The number of anilines is 3. The second kappa shape index (κ2) is 4.55. The fourth-order valence-corrected chi connectivity index (χ4v) is 2.81. The number of rotatable bonds is 3. The fourth-order valence-electron chi connectivity index (χ4n) is 2.10. The molecule has 1 aliphatic heterocycles. The number of nitrogens with one attached hydrogen (secondary N) is 2. The third kappa shape index (κ3) is 2.39. The Labute approximate surface area is 114 Å². The van der Waals surface area contributed by atoms with E-state index < -0.39 is 0 Å². The highest BCUT2D eigenvalue weighted by atomic mass is 32.1. The highest BCUT2D eigenvalue weighted by Gasteiger charge is 2.19. The van der Waals surface area contributed by atoms with Crippen molar-refractivity contribution in [2.24, 2.45) is 0 Å². The van der Waals surface area contributed by atoms with E-state index in [9.17, 15) is 4.79 Å². The summed E-state index contributed by atoms with van der Waals surface area (Å²) in [4.78, 5) is 15.7. The van der Waals surface area contributed by atoms with Crippen LogP contribution >= 0.6 is 11.3 Å². The van der Waals surface area contributed by atoms with E-state index in [0.29, 0.717) is 18.7 Å². The topological polar surface area (TPSA) is 80.0 Å². The summed E-state index contributed by atoms with van der Waals surface area (Å²) in [6, 6.07) is 3.73. The lowest BCUT2D eigenvalue weighted by Gasteiger charge is -2.10. The van der Waals surface area contributed by atoms with Crippen LogP contribution in [0.25, 0.3) is 0 Å². The molecule has 2 heterocycles. The van der Waals surface area contributed by atoms with Crippen LogP contribution in [0.5, 0.6) is 0 Å². The zero-order chi connectivity index (χ0) is 13.4. The number of fused-ring (bicyclic) bond motifs is 1. The highest BCUT2D eigenvalue weighted by molar-refractivity contribution is 7.09. The first-order chi connectivity index (χ1) is 9.11. The number of amides is 1. The number of carbonyl (C=O) groups excluding carboxylic acids is 1. The maximum atomic E-state index is 11.3. The van der Waals surface area contributed by atoms with Gasteiger partial charge in [0, 0.05) is 16.8 Å². The van der Waals surface area contributed by atoms with E-state index in [0.717, 1.165) is 27.6 Å². The van der Waals surface area contributed by atoms with Crippen LogP contribution in [0, 0.1) is 6.92 Å². The Hall–Kier alpha value is -2.08. The smallest absolute Gasteiger partial charge is 0.228 e. The van der Waals surface area contributed by atoms with E-state index in [1.807, 2.05) is 24.4 Å². The third-order valence-electron chi connectivity index (χ3n) is 3.00. The van der Waals surface area contributed by atoms with Crippen molar-refractivity contribution in [3.63, 3.8) is 0 Å². The molecule has 19 heavy (non-hydrogen) atoms. The molecule has 0 saturated carbocycles. The predicted molar refractivity (Wildman–Crippen MR) is 77.4 cm³/mol.